The van der Waals surface area contributed by atoms with Crippen molar-refractivity contribution in [3.8, 4) is 0 Å². The first-order valence-electron chi connectivity index (χ1n) is 27.7. The lowest BCUT2D eigenvalue weighted by Gasteiger charge is -2.27. The van der Waals surface area contributed by atoms with Crippen molar-refractivity contribution in [1.29, 1.82) is 0 Å². The molecule has 0 saturated carbocycles. The van der Waals surface area contributed by atoms with Gasteiger partial charge in [0.1, 0.15) is 12.2 Å². The van der Waals surface area contributed by atoms with Crippen molar-refractivity contribution in [2.75, 3.05) is 6.61 Å². The molecule has 0 aromatic heterocycles. The number of carbonyl (C=O) groups excluding carboxylic acids is 1. The Labute approximate surface area is 386 Å². The topological polar surface area (TPSA) is 110 Å². The molecule has 0 aliphatic rings. The van der Waals surface area contributed by atoms with Crippen LogP contribution in [0.25, 0.3) is 0 Å². The minimum Gasteiger partial charge on any atom is -0.394 e. The largest absolute Gasteiger partial charge is 0.394 e. The molecule has 62 heavy (non-hydrogen) atoms. The summed E-state index contributed by atoms with van der Waals surface area (Å²) >= 11 is 0. The smallest absolute Gasteiger partial charge is 0.249 e. The predicted octanol–water partition coefficient (Wildman–Crippen LogP) is 15.9. The summed E-state index contributed by atoms with van der Waals surface area (Å²) in [4.78, 5) is 12.6. The van der Waals surface area contributed by atoms with Crippen LogP contribution in [0.3, 0.4) is 0 Å². The highest BCUT2D eigenvalue weighted by atomic mass is 16.3. The van der Waals surface area contributed by atoms with Crippen molar-refractivity contribution < 1.29 is 25.2 Å². The van der Waals surface area contributed by atoms with Gasteiger partial charge in [0.2, 0.25) is 5.91 Å². The fourth-order valence-corrected chi connectivity index (χ4v) is 8.75. The predicted molar refractivity (Wildman–Crippen MR) is 270 cm³/mol. The number of hydrogen-bond donors (Lipinski definition) is 5. The average Bonchev–Trinajstić information content (AvgIpc) is 3.28. The normalized spacial score (nSPS) is 14.0. The van der Waals surface area contributed by atoms with Crippen molar-refractivity contribution in [2.24, 2.45) is 0 Å². The van der Waals surface area contributed by atoms with Gasteiger partial charge in [-0.2, -0.15) is 0 Å². The summed E-state index contributed by atoms with van der Waals surface area (Å²) in [6.45, 7) is 4.08. The fourth-order valence-electron chi connectivity index (χ4n) is 8.75. The van der Waals surface area contributed by atoms with Gasteiger partial charge in [0, 0.05) is 0 Å². The summed E-state index contributed by atoms with van der Waals surface area (Å²) in [7, 11) is 0. The SMILES string of the molecule is CCCCCCCCCCCCCC/C=C\CCCCCCCCCCCCC(O)C(=O)NC(CO)C(O)C(O)CCC/C=C/CCCCCCCCCCCCCCCCC. The first kappa shape index (κ1) is 60.8. The van der Waals surface area contributed by atoms with Gasteiger partial charge in [0.25, 0.3) is 0 Å². The van der Waals surface area contributed by atoms with Gasteiger partial charge in [-0.3, -0.25) is 4.79 Å². The third kappa shape index (κ3) is 44.0. The minimum absolute atomic E-state index is 0.363. The highest BCUT2D eigenvalue weighted by molar-refractivity contribution is 5.80. The number of unbranched alkanes of at least 4 members (excludes halogenated alkanes) is 38. The highest BCUT2D eigenvalue weighted by Crippen LogP contribution is 2.17. The lowest BCUT2D eigenvalue weighted by molar-refractivity contribution is -0.132. The molecular weight excluding hydrogens is 767 g/mol. The van der Waals surface area contributed by atoms with Crippen LogP contribution >= 0.6 is 0 Å². The van der Waals surface area contributed by atoms with Gasteiger partial charge in [0.05, 0.1) is 18.8 Å². The zero-order valence-corrected chi connectivity index (χ0v) is 41.6. The molecule has 6 nitrogen and oxygen atoms in total. The van der Waals surface area contributed by atoms with E-state index in [2.05, 4.69) is 43.5 Å². The molecule has 0 saturated heterocycles. The zero-order chi connectivity index (χ0) is 45.2. The molecule has 0 radical (unpaired) electrons. The summed E-state index contributed by atoms with van der Waals surface area (Å²) in [6, 6.07) is -1.00. The molecular formula is C56H109NO5. The van der Waals surface area contributed by atoms with Gasteiger partial charge in [0.15, 0.2) is 0 Å². The van der Waals surface area contributed by atoms with Gasteiger partial charge in [-0.25, -0.2) is 0 Å². The summed E-state index contributed by atoms with van der Waals surface area (Å²) in [6.07, 6.45) is 61.0. The van der Waals surface area contributed by atoms with Crippen molar-refractivity contribution in [2.45, 2.75) is 321 Å². The minimum atomic E-state index is -1.28. The molecule has 0 spiro atoms. The van der Waals surface area contributed by atoms with E-state index < -0.39 is 36.9 Å². The maximum Gasteiger partial charge on any atom is 0.249 e. The number of allylic oxidation sites excluding steroid dienone is 4. The Kier molecular flexibility index (Phi) is 49.8. The highest BCUT2D eigenvalue weighted by Gasteiger charge is 2.28. The molecule has 1 amide bonds. The number of amides is 1. The Balaban J connectivity index is 3.65. The Morgan fingerprint density at radius 1 is 0.387 bits per heavy atom. The third-order valence-electron chi connectivity index (χ3n) is 13.1. The molecule has 0 aliphatic carbocycles. The molecule has 0 aromatic rings. The Morgan fingerprint density at radius 3 is 0.968 bits per heavy atom. The lowest BCUT2D eigenvalue weighted by Crippen LogP contribution is -2.53. The van der Waals surface area contributed by atoms with Crippen LogP contribution in [-0.4, -0.2) is 57.3 Å². The van der Waals surface area contributed by atoms with Crippen LogP contribution in [0.2, 0.25) is 0 Å². The zero-order valence-electron chi connectivity index (χ0n) is 41.6. The van der Waals surface area contributed by atoms with Crippen LogP contribution in [0.5, 0.6) is 0 Å². The molecule has 0 bridgehead atoms. The molecule has 0 aliphatic heterocycles. The van der Waals surface area contributed by atoms with Crippen LogP contribution in [0.1, 0.15) is 296 Å². The summed E-state index contributed by atoms with van der Waals surface area (Å²) in [5.41, 5.74) is 0. The fraction of sp³-hybridized carbons (Fsp3) is 0.911. The van der Waals surface area contributed by atoms with E-state index >= 15 is 0 Å². The van der Waals surface area contributed by atoms with Crippen molar-refractivity contribution in [1.82, 2.24) is 5.32 Å². The second-order valence-electron chi connectivity index (χ2n) is 19.3. The lowest BCUT2D eigenvalue weighted by atomic mass is 10.00. The van der Waals surface area contributed by atoms with E-state index in [1.807, 2.05) is 0 Å². The van der Waals surface area contributed by atoms with E-state index in [1.54, 1.807) is 0 Å². The maximum absolute atomic E-state index is 12.6. The number of hydrogen-bond acceptors (Lipinski definition) is 5. The Bertz CT molecular complexity index is 939. The van der Waals surface area contributed by atoms with Gasteiger partial charge in [-0.15, -0.1) is 0 Å². The molecule has 0 heterocycles. The number of nitrogens with one attached hydrogen (secondary N) is 1. The van der Waals surface area contributed by atoms with Gasteiger partial charge < -0.3 is 25.7 Å². The number of carbonyl (C=O) groups is 1. The molecule has 368 valence electrons. The first-order valence-corrected chi connectivity index (χ1v) is 27.7. The summed E-state index contributed by atoms with van der Waals surface area (Å²) < 4.78 is 0. The standard InChI is InChI=1S/C56H109NO5/c1-3-5-7-9-11-13-15-17-19-21-23-25-26-27-28-29-30-32-34-36-38-40-42-44-46-48-50-54(60)56(62)57-52(51-58)55(61)53(59)49-47-45-43-41-39-37-35-33-31-24-22-20-18-16-14-12-10-8-6-4-2/h27-28,41,43,52-55,58-61H,3-26,29-40,42,44-51H2,1-2H3,(H,57,62)/b28-27-,43-41+. The Hall–Kier alpha value is -1.21. The average molecular weight is 876 g/mol. The quantitative estimate of drug-likeness (QED) is 0.0309. The number of rotatable bonds is 51. The summed E-state index contributed by atoms with van der Waals surface area (Å²) in [5.74, 6) is -0.591. The summed E-state index contributed by atoms with van der Waals surface area (Å²) in [5, 5.41) is 43.9. The van der Waals surface area contributed by atoms with E-state index in [1.165, 1.54) is 231 Å². The molecule has 0 aromatic carbocycles. The molecule has 4 atom stereocenters. The van der Waals surface area contributed by atoms with Gasteiger partial charge >= 0.3 is 0 Å². The van der Waals surface area contributed by atoms with Crippen LogP contribution in [-0.2, 0) is 4.79 Å². The molecule has 0 rings (SSSR count). The molecule has 6 heteroatoms. The maximum atomic E-state index is 12.6. The van der Waals surface area contributed by atoms with Gasteiger partial charge in [-0.05, 0) is 64.2 Å². The van der Waals surface area contributed by atoms with Crippen LogP contribution in [0.15, 0.2) is 24.3 Å². The Morgan fingerprint density at radius 2 is 0.661 bits per heavy atom. The van der Waals surface area contributed by atoms with Gasteiger partial charge in [-0.1, -0.05) is 256 Å². The molecule has 0 fully saturated rings. The first-order chi connectivity index (χ1) is 30.5. The van der Waals surface area contributed by atoms with Crippen molar-refractivity contribution in [3.05, 3.63) is 24.3 Å². The van der Waals surface area contributed by atoms with E-state index in [0.717, 1.165) is 38.5 Å². The second-order valence-corrected chi connectivity index (χ2v) is 19.3. The molecule has 4 unspecified atom stereocenters. The number of aliphatic hydroxyl groups excluding tert-OH is 4. The number of aliphatic hydroxyl groups is 4. The van der Waals surface area contributed by atoms with E-state index in [-0.39, 0.29) is 0 Å². The monoisotopic (exact) mass is 876 g/mol. The second kappa shape index (κ2) is 50.8. The van der Waals surface area contributed by atoms with E-state index in [4.69, 9.17) is 0 Å². The van der Waals surface area contributed by atoms with E-state index in [0.29, 0.717) is 12.8 Å². The van der Waals surface area contributed by atoms with Crippen LogP contribution < -0.4 is 5.32 Å². The third-order valence-corrected chi connectivity index (χ3v) is 13.1. The van der Waals surface area contributed by atoms with Crippen molar-refractivity contribution >= 4 is 5.91 Å². The molecule has 5 N–H and O–H groups in total. The van der Waals surface area contributed by atoms with E-state index in [9.17, 15) is 25.2 Å². The van der Waals surface area contributed by atoms with Crippen LogP contribution in [0, 0.1) is 0 Å². The van der Waals surface area contributed by atoms with Crippen molar-refractivity contribution in [3.63, 3.8) is 0 Å². The van der Waals surface area contributed by atoms with Crippen LogP contribution in [0.4, 0.5) is 0 Å².